The van der Waals surface area contributed by atoms with E-state index in [1.807, 2.05) is 30.3 Å². The topological polar surface area (TPSA) is 108 Å². The van der Waals surface area contributed by atoms with Gasteiger partial charge in [-0.25, -0.2) is 13.4 Å². The van der Waals surface area contributed by atoms with Crippen molar-refractivity contribution in [2.24, 2.45) is 0 Å². The van der Waals surface area contributed by atoms with Crippen LogP contribution in [-0.4, -0.2) is 28.5 Å². The van der Waals surface area contributed by atoms with Gasteiger partial charge in [-0.3, -0.25) is 9.71 Å². The maximum absolute atomic E-state index is 12.8. The number of aromatic hydroxyl groups is 1. The van der Waals surface area contributed by atoms with E-state index in [9.17, 15) is 13.5 Å². The van der Waals surface area contributed by atoms with E-state index in [4.69, 9.17) is 0 Å². The molecular weight excluding hydrogens is 400 g/mol. The van der Waals surface area contributed by atoms with E-state index in [1.165, 1.54) is 18.3 Å². The lowest BCUT2D eigenvalue weighted by molar-refractivity contribution is 0.460. The van der Waals surface area contributed by atoms with Crippen LogP contribution >= 0.6 is 0 Å². The van der Waals surface area contributed by atoms with Crippen LogP contribution in [0, 0.1) is 0 Å². The molecule has 0 aliphatic heterocycles. The molecule has 0 atom stereocenters. The van der Waals surface area contributed by atoms with Crippen molar-refractivity contribution >= 4 is 37.5 Å². The molecule has 0 saturated heterocycles. The maximum atomic E-state index is 12.8. The first-order valence-electron chi connectivity index (χ1n) is 9.15. The Kier molecular flexibility index (Phi) is 4.14. The summed E-state index contributed by atoms with van der Waals surface area (Å²) < 4.78 is 28.2. The standard InChI is InChI=1S/C22H16N4O3S/c27-22-21(20-9-7-14-4-1-2-6-18(14)24-20)17-12-16(8-10-19(17)25-22)30(28,29)26-15-5-3-11-23-13-15/h1-13,25-27H. The largest absolute Gasteiger partial charge is 0.494 e. The lowest BCUT2D eigenvalue weighted by Crippen LogP contribution is -2.12. The molecule has 0 amide bonds. The number of nitrogens with zero attached hydrogens (tertiary/aromatic N) is 2. The first-order valence-corrected chi connectivity index (χ1v) is 10.6. The second kappa shape index (κ2) is 6.85. The molecular formula is C22H16N4O3S. The van der Waals surface area contributed by atoms with E-state index in [0.29, 0.717) is 27.8 Å². The number of anilines is 1. The summed E-state index contributed by atoms with van der Waals surface area (Å²) in [5.74, 6) is -0.0671. The third-order valence-corrected chi connectivity index (χ3v) is 6.21. The van der Waals surface area contributed by atoms with Crippen molar-refractivity contribution in [2.45, 2.75) is 4.90 Å². The molecule has 5 aromatic rings. The van der Waals surface area contributed by atoms with E-state index in [-0.39, 0.29) is 10.8 Å². The van der Waals surface area contributed by atoms with Gasteiger partial charge in [0.15, 0.2) is 5.88 Å². The Hall–Kier alpha value is -3.91. The van der Waals surface area contributed by atoms with Gasteiger partial charge < -0.3 is 10.1 Å². The van der Waals surface area contributed by atoms with Crippen LogP contribution in [0.4, 0.5) is 5.69 Å². The fraction of sp³-hybridized carbons (Fsp3) is 0. The average Bonchev–Trinajstić information content (AvgIpc) is 3.08. The van der Waals surface area contributed by atoms with Crippen LogP contribution < -0.4 is 4.72 Å². The predicted molar refractivity (Wildman–Crippen MR) is 116 cm³/mol. The van der Waals surface area contributed by atoms with Crippen molar-refractivity contribution in [2.75, 3.05) is 4.72 Å². The minimum Gasteiger partial charge on any atom is -0.494 e. The molecule has 0 saturated carbocycles. The highest BCUT2D eigenvalue weighted by Crippen LogP contribution is 2.37. The van der Waals surface area contributed by atoms with Crippen molar-refractivity contribution in [1.82, 2.24) is 15.0 Å². The second-order valence-corrected chi connectivity index (χ2v) is 8.47. The molecule has 0 fully saturated rings. The number of fused-ring (bicyclic) bond motifs is 2. The summed E-state index contributed by atoms with van der Waals surface area (Å²) >= 11 is 0. The maximum Gasteiger partial charge on any atom is 0.261 e. The molecule has 3 aromatic heterocycles. The van der Waals surface area contributed by atoms with Gasteiger partial charge in [0, 0.05) is 22.5 Å². The Morgan fingerprint density at radius 2 is 1.83 bits per heavy atom. The first kappa shape index (κ1) is 18.1. The third kappa shape index (κ3) is 3.13. The monoisotopic (exact) mass is 416 g/mol. The molecule has 3 N–H and O–H groups in total. The molecule has 148 valence electrons. The van der Waals surface area contributed by atoms with E-state index in [1.54, 1.807) is 30.5 Å². The summed E-state index contributed by atoms with van der Waals surface area (Å²) in [5.41, 5.74) is 2.76. The number of aromatic amines is 1. The Morgan fingerprint density at radius 1 is 0.967 bits per heavy atom. The molecule has 0 spiro atoms. The summed E-state index contributed by atoms with van der Waals surface area (Å²) in [5, 5.41) is 12.1. The smallest absolute Gasteiger partial charge is 0.261 e. The van der Waals surface area contributed by atoms with Crippen LogP contribution in [0.5, 0.6) is 5.88 Å². The highest BCUT2D eigenvalue weighted by atomic mass is 32.2. The van der Waals surface area contributed by atoms with Gasteiger partial charge in [-0.15, -0.1) is 0 Å². The van der Waals surface area contributed by atoms with Crippen molar-refractivity contribution < 1.29 is 13.5 Å². The summed E-state index contributed by atoms with van der Waals surface area (Å²) in [6.45, 7) is 0. The van der Waals surface area contributed by atoms with Gasteiger partial charge >= 0.3 is 0 Å². The number of hydrogen-bond acceptors (Lipinski definition) is 5. The number of aromatic nitrogens is 3. The number of H-pyrrole nitrogens is 1. The Labute approximate surface area is 172 Å². The van der Waals surface area contributed by atoms with Crippen LogP contribution in [0.15, 0.2) is 84.0 Å². The normalized spacial score (nSPS) is 11.7. The van der Waals surface area contributed by atoms with Gasteiger partial charge in [-0.05, 0) is 42.5 Å². The highest BCUT2D eigenvalue weighted by molar-refractivity contribution is 7.92. The second-order valence-electron chi connectivity index (χ2n) is 6.79. The van der Waals surface area contributed by atoms with Crippen molar-refractivity contribution in [3.8, 4) is 17.1 Å². The van der Waals surface area contributed by atoms with Crippen molar-refractivity contribution in [1.29, 1.82) is 0 Å². The molecule has 30 heavy (non-hydrogen) atoms. The van der Waals surface area contributed by atoms with Gasteiger partial charge in [-0.2, -0.15) is 0 Å². The number of para-hydroxylation sites is 1. The molecule has 0 aliphatic rings. The van der Waals surface area contributed by atoms with Crippen LogP contribution in [0.25, 0.3) is 33.1 Å². The lowest BCUT2D eigenvalue weighted by atomic mass is 10.1. The third-order valence-electron chi connectivity index (χ3n) is 4.83. The Bertz CT molecular complexity index is 1500. The van der Waals surface area contributed by atoms with Crippen LogP contribution in [0.2, 0.25) is 0 Å². The molecule has 3 heterocycles. The van der Waals surface area contributed by atoms with E-state index >= 15 is 0 Å². The first-order chi connectivity index (χ1) is 14.5. The number of rotatable bonds is 4. The molecule has 5 rings (SSSR count). The van der Waals surface area contributed by atoms with Crippen molar-refractivity contribution in [3.63, 3.8) is 0 Å². The quantitative estimate of drug-likeness (QED) is 0.405. The zero-order valence-electron chi connectivity index (χ0n) is 15.6. The van der Waals surface area contributed by atoms with E-state index < -0.39 is 10.0 Å². The molecule has 7 nitrogen and oxygen atoms in total. The minimum atomic E-state index is -3.84. The molecule has 0 unspecified atom stereocenters. The SMILES string of the molecule is O=S(=O)(Nc1cccnc1)c1ccc2[nH]c(O)c(-c3ccc4ccccc4n3)c2c1. The van der Waals surface area contributed by atoms with Crippen molar-refractivity contribution in [3.05, 3.63) is 79.1 Å². The summed E-state index contributed by atoms with van der Waals surface area (Å²) in [6.07, 6.45) is 3.00. The van der Waals surface area contributed by atoms with Gasteiger partial charge in [-0.1, -0.05) is 24.3 Å². The molecule has 2 aromatic carbocycles. The number of hydrogen-bond donors (Lipinski definition) is 3. The molecule has 0 radical (unpaired) electrons. The lowest BCUT2D eigenvalue weighted by Gasteiger charge is -2.08. The summed E-state index contributed by atoms with van der Waals surface area (Å²) in [7, 11) is -3.84. The number of pyridine rings is 2. The molecule has 0 aliphatic carbocycles. The minimum absolute atomic E-state index is 0.0671. The number of benzene rings is 2. The fourth-order valence-corrected chi connectivity index (χ4v) is 4.49. The summed E-state index contributed by atoms with van der Waals surface area (Å²) in [4.78, 5) is 11.5. The van der Waals surface area contributed by atoms with Crippen LogP contribution in [0.3, 0.4) is 0 Å². The number of sulfonamides is 1. The van der Waals surface area contributed by atoms with Gasteiger partial charge in [0.25, 0.3) is 10.0 Å². The van der Waals surface area contributed by atoms with E-state index in [2.05, 4.69) is 19.7 Å². The van der Waals surface area contributed by atoms with Crippen LogP contribution in [-0.2, 0) is 10.0 Å². The fourth-order valence-electron chi connectivity index (χ4n) is 3.43. The predicted octanol–water partition coefficient (Wildman–Crippen LogP) is 4.28. The summed E-state index contributed by atoms with van der Waals surface area (Å²) in [6, 6.07) is 19.3. The highest BCUT2D eigenvalue weighted by Gasteiger charge is 2.20. The Morgan fingerprint density at radius 3 is 2.67 bits per heavy atom. The van der Waals surface area contributed by atoms with E-state index in [0.717, 1.165) is 10.9 Å². The molecule has 8 heteroatoms. The zero-order valence-corrected chi connectivity index (χ0v) is 16.4. The molecule has 0 bridgehead atoms. The van der Waals surface area contributed by atoms with Gasteiger partial charge in [0.1, 0.15) is 0 Å². The van der Waals surface area contributed by atoms with Crippen LogP contribution in [0.1, 0.15) is 0 Å². The van der Waals surface area contributed by atoms with Gasteiger partial charge in [0.05, 0.1) is 33.6 Å². The zero-order chi connectivity index (χ0) is 20.7. The van der Waals surface area contributed by atoms with Gasteiger partial charge in [0.2, 0.25) is 0 Å². The Balaban J connectivity index is 1.64. The number of nitrogens with one attached hydrogen (secondary N) is 2. The average molecular weight is 416 g/mol.